The number of thiophene rings is 1. The second-order valence-corrected chi connectivity index (χ2v) is 6.68. The number of nitrogens with one attached hydrogen (secondary N) is 1. The van der Waals surface area contributed by atoms with Gasteiger partial charge in [-0.05, 0) is 37.3 Å². The van der Waals surface area contributed by atoms with Gasteiger partial charge in [0.15, 0.2) is 16.8 Å². The van der Waals surface area contributed by atoms with Gasteiger partial charge in [0.25, 0.3) is 5.91 Å². The van der Waals surface area contributed by atoms with E-state index in [4.69, 9.17) is 0 Å². The van der Waals surface area contributed by atoms with Gasteiger partial charge in [-0.15, -0.1) is 22.7 Å². The fraction of sp³-hybridized carbons (Fsp3) is 0.0667. The minimum atomic E-state index is -0.926. The number of hydrogen-bond acceptors (Lipinski definition) is 4. The Bertz CT molecular complexity index is 842. The van der Waals surface area contributed by atoms with Crippen LogP contribution in [0.2, 0.25) is 0 Å². The maximum atomic E-state index is 13.2. The van der Waals surface area contributed by atoms with Crippen LogP contribution in [0.15, 0.2) is 35.7 Å². The zero-order chi connectivity index (χ0) is 15.7. The molecule has 112 valence electrons. The van der Waals surface area contributed by atoms with Crippen molar-refractivity contribution in [1.82, 2.24) is 4.98 Å². The summed E-state index contributed by atoms with van der Waals surface area (Å²) in [5, 5.41) is 4.79. The molecule has 0 aliphatic carbocycles. The minimum absolute atomic E-state index is 0.232. The van der Waals surface area contributed by atoms with Gasteiger partial charge in [-0.2, -0.15) is 0 Å². The molecule has 3 nitrogen and oxygen atoms in total. The summed E-state index contributed by atoms with van der Waals surface area (Å²) in [5.41, 5.74) is 0.948. The number of nitrogens with zero attached hydrogens (tertiary/aromatic N) is 1. The quantitative estimate of drug-likeness (QED) is 0.752. The average Bonchev–Trinajstić information content (AvgIpc) is 3.11. The summed E-state index contributed by atoms with van der Waals surface area (Å²) in [4.78, 5) is 17.9. The smallest absolute Gasteiger partial charge is 0.267 e. The van der Waals surface area contributed by atoms with Crippen LogP contribution in [0.3, 0.4) is 0 Å². The summed E-state index contributed by atoms with van der Waals surface area (Å²) in [5.74, 6) is -2.06. The average molecular weight is 336 g/mol. The van der Waals surface area contributed by atoms with E-state index in [0.717, 1.165) is 17.0 Å². The third-order valence-corrected chi connectivity index (χ3v) is 4.66. The monoisotopic (exact) mass is 336 g/mol. The van der Waals surface area contributed by atoms with Crippen molar-refractivity contribution in [3.63, 3.8) is 0 Å². The van der Waals surface area contributed by atoms with Gasteiger partial charge in [0, 0.05) is 15.8 Å². The van der Waals surface area contributed by atoms with Gasteiger partial charge >= 0.3 is 0 Å². The Balaban J connectivity index is 1.78. The van der Waals surface area contributed by atoms with Crippen LogP contribution >= 0.6 is 22.7 Å². The van der Waals surface area contributed by atoms with Gasteiger partial charge < -0.3 is 0 Å². The third kappa shape index (κ3) is 3.05. The molecular formula is C15H10F2N2OS2. The highest BCUT2D eigenvalue weighted by atomic mass is 32.1. The number of aromatic nitrogens is 1. The van der Waals surface area contributed by atoms with Crippen LogP contribution in [0.1, 0.15) is 14.5 Å². The second kappa shape index (κ2) is 5.94. The lowest BCUT2D eigenvalue weighted by atomic mass is 10.2. The van der Waals surface area contributed by atoms with Crippen molar-refractivity contribution in [3.8, 4) is 11.3 Å². The van der Waals surface area contributed by atoms with Gasteiger partial charge in [0.2, 0.25) is 0 Å². The summed E-state index contributed by atoms with van der Waals surface area (Å²) >= 11 is 2.62. The first kappa shape index (κ1) is 14.8. The predicted molar refractivity (Wildman–Crippen MR) is 84.5 cm³/mol. The Morgan fingerprint density at radius 1 is 1.18 bits per heavy atom. The zero-order valence-electron chi connectivity index (χ0n) is 11.4. The molecule has 1 aromatic carbocycles. The molecule has 0 bridgehead atoms. The number of benzene rings is 1. The molecule has 0 aliphatic heterocycles. The summed E-state index contributed by atoms with van der Waals surface area (Å²) in [7, 11) is 0. The van der Waals surface area contributed by atoms with Crippen molar-refractivity contribution in [2.75, 3.05) is 5.32 Å². The van der Waals surface area contributed by atoms with E-state index in [0.29, 0.717) is 21.3 Å². The number of carbonyl (C=O) groups excluding carboxylic acids is 1. The SMILES string of the molecule is Cc1ccc(C(=O)Nc2nc(-c3ccc(F)c(F)c3)cs2)s1. The lowest BCUT2D eigenvalue weighted by molar-refractivity contribution is 0.103. The standard InChI is InChI=1S/C15H10F2N2OS2/c1-8-2-5-13(22-8)14(20)19-15-18-12(7-21-15)9-3-4-10(16)11(17)6-9/h2-7H,1H3,(H,18,19,20). The normalized spacial score (nSPS) is 10.7. The van der Waals surface area contributed by atoms with Gasteiger partial charge in [0.05, 0.1) is 10.6 Å². The Morgan fingerprint density at radius 2 is 2.00 bits per heavy atom. The maximum Gasteiger partial charge on any atom is 0.267 e. The molecule has 0 saturated carbocycles. The van der Waals surface area contributed by atoms with Crippen LogP contribution in [-0.4, -0.2) is 10.9 Å². The van der Waals surface area contributed by atoms with E-state index in [1.54, 1.807) is 11.4 Å². The van der Waals surface area contributed by atoms with Crippen LogP contribution in [0, 0.1) is 18.6 Å². The second-order valence-electron chi connectivity index (χ2n) is 4.53. The fourth-order valence-corrected chi connectivity index (χ4v) is 3.31. The Labute approximate surface area is 133 Å². The molecule has 2 aromatic heterocycles. The van der Waals surface area contributed by atoms with Gasteiger partial charge in [0.1, 0.15) is 0 Å². The first-order chi connectivity index (χ1) is 10.5. The van der Waals surface area contributed by atoms with Crippen LogP contribution in [0.25, 0.3) is 11.3 Å². The molecule has 0 atom stereocenters. The zero-order valence-corrected chi connectivity index (χ0v) is 13.0. The van der Waals surface area contributed by atoms with E-state index < -0.39 is 11.6 Å². The third-order valence-electron chi connectivity index (χ3n) is 2.90. The van der Waals surface area contributed by atoms with Gasteiger partial charge in [-0.1, -0.05) is 0 Å². The van der Waals surface area contributed by atoms with Crippen molar-refractivity contribution in [3.05, 3.63) is 57.1 Å². The molecule has 3 aromatic rings. The van der Waals surface area contributed by atoms with E-state index in [1.165, 1.54) is 28.7 Å². The Hall–Kier alpha value is -2.12. The number of halogens is 2. The van der Waals surface area contributed by atoms with Crippen LogP contribution in [0.4, 0.5) is 13.9 Å². The highest BCUT2D eigenvalue weighted by Crippen LogP contribution is 2.27. The van der Waals surface area contributed by atoms with Crippen LogP contribution < -0.4 is 5.32 Å². The number of anilines is 1. The van der Waals surface area contributed by atoms with Crippen LogP contribution in [-0.2, 0) is 0 Å². The minimum Gasteiger partial charge on any atom is -0.297 e. The summed E-state index contributed by atoms with van der Waals surface area (Å²) in [6, 6.07) is 7.20. The number of thiazole rings is 1. The molecule has 22 heavy (non-hydrogen) atoms. The van der Waals surface area contributed by atoms with E-state index in [9.17, 15) is 13.6 Å². The van der Waals surface area contributed by atoms with Crippen molar-refractivity contribution < 1.29 is 13.6 Å². The highest BCUT2D eigenvalue weighted by molar-refractivity contribution is 7.15. The molecule has 3 rings (SSSR count). The number of carbonyl (C=O) groups is 1. The number of hydrogen-bond donors (Lipinski definition) is 1. The van der Waals surface area contributed by atoms with Crippen LogP contribution in [0.5, 0.6) is 0 Å². The molecule has 0 saturated heterocycles. The Morgan fingerprint density at radius 3 is 2.68 bits per heavy atom. The largest absolute Gasteiger partial charge is 0.297 e. The number of amides is 1. The molecule has 2 heterocycles. The van der Waals surface area contributed by atoms with E-state index >= 15 is 0 Å². The van der Waals surface area contributed by atoms with Crippen molar-refractivity contribution >= 4 is 33.7 Å². The highest BCUT2D eigenvalue weighted by Gasteiger charge is 2.12. The molecule has 0 unspecified atom stereocenters. The molecule has 0 aliphatic rings. The molecule has 1 N–H and O–H groups in total. The molecular weight excluding hydrogens is 326 g/mol. The fourth-order valence-electron chi connectivity index (χ4n) is 1.83. The summed E-state index contributed by atoms with van der Waals surface area (Å²) in [6.45, 7) is 1.92. The van der Waals surface area contributed by atoms with Gasteiger partial charge in [-0.3, -0.25) is 10.1 Å². The maximum absolute atomic E-state index is 13.2. The molecule has 1 amide bonds. The Kier molecular flexibility index (Phi) is 4.00. The van der Waals surface area contributed by atoms with Crippen molar-refractivity contribution in [1.29, 1.82) is 0 Å². The van der Waals surface area contributed by atoms with Crippen molar-refractivity contribution in [2.45, 2.75) is 6.92 Å². The first-order valence-electron chi connectivity index (χ1n) is 6.31. The topological polar surface area (TPSA) is 42.0 Å². The van der Waals surface area contributed by atoms with Gasteiger partial charge in [-0.25, -0.2) is 13.8 Å². The lowest BCUT2D eigenvalue weighted by Gasteiger charge is -1.99. The lowest BCUT2D eigenvalue weighted by Crippen LogP contribution is -2.09. The summed E-state index contributed by atoms with van der Waals surface area (Å²) in [6.07, 6.45) is 0. The predicted octanol–water partition coefficient (Wildman–Crippen LogP) is 4.71. The van der Waals surface area contributed by atoms with E-state index in [1.807, 2.05) is 13.0 Å². The first-order valence-corrected chi connectivity index (χ1v) is 8.01. The van der Waals surface area contributed by atoms with Crippen molar-refractivity contribution in [2.24, 2.45) is 0 Å². The molecule has 0 radical (unpaired) electrons. The molecule has 0 spiro atoms. The van der Waals surface area contributed by atoms with E-state index in [2.05, 4.69) is 10.3 Å². The summed E-state index contributed by atoms with van der Waals surface area (Å²) < 4.78 is 26.2. The number of rotatable bonds is 3. The molecule has 0 fully saturated rings. The number of aryl methyl sites for hydroxylation is 1. The molecule has 7 heteroatoms. The van der Waals surface area contributed by atoms with E-state index in [-0.39, 0.29) is 5.91 Å².